The van der Waals surface area contributed by atoms with Crippen molar-refractivity contribution in [2.45, 2.75) is 32.6 Å². The number of para-hydroxylation sites is 1. The number of ether oxygens (including phenoxy) is 2. The number of esters is 1. The molecule has 0 saturated heterocycles. The molecule has 0 fully saturated rings. The fraction of sp³-hybridized carbons (Fsp3) is 0.261. The summed E-state index contributed by atoms with van der Waals surface area (Å²) in [5.74, 6) is 1.47. The third-order valence-electron chi connectivity index (χ3n) is 5.29. The Morgan fingerprint density at radius 1 is 1.00 bits per heavy atom. The number of benzene rings is 2. The molecule has 0 N–H and O–H groups in total. The Morgan fingerprint density at radius 3 is 2.59 bits per heavy atom. The molecule has 1 aromatic heterocycles. The number of hydrogen-bond donors (Lipinski definition) is 0. The van der Waals surface area contributed by atoms with Crippen LogP contribution in [0.15, 0.2) is 42.5 Å². The highest BCUT2D eigenvalue weighted by Crippen LogP contribution is 2.51. The lowest BCUT2D eigenvalue weighted by atomic mass is 9.89. The summed E-state index contributed by atoms with van der Waals surface area (Å²) < 4.78 is 11.6. The van der Waals surface area contributed by atoms with Gasteiger partial charge in [-0.2, -0.15) is 0 Å². The van der Waals surface area contributed by atoms with Crippen molar-refractivity contribution in [1.29, 1.82) is 0 Å². The first-order chi connectivity index (χ1) is 13.2. The van der Waals surface area contributed by atoms with Crippen LogP contribution in [0, 0.1) is 0 Å². The van der Waals surface area contributed by atoms with Crippen LogP contribution in [0.5, 0.6) is 11.5 Å². The summed E-state index contributed by atoms with van der Waals surface area (Å²) in [6.07, 6.45) is 4.69. The Kier molecular flexibility index (Phi) is 4.01. The van der Waals surface area contributed by atoms with E-state index in [0.717, 1.165) is 45.9 Å². The van der Waals surface area contributed by atoms with Crippen LogP contribution >= 0.6 is 11.3 Å². The third kappa shape index (κ3) is 2.76. The first-order valence-corrected chi connectivity index (χ1v) is 10.3. The van der Waals surface area contributed by atoms with Gasteiger partial charge in [-0.1, -0.05) is 18.2 Å². The zero-order valence-electron chi connectivity index (χ0n) is 15.2. The molecule has 3 nitrogen and oxygen atoms in total. The molecule has 2 heterocycles. The first-order valence-electron chi connectivity index (χ1n) is 9.49. The van der Waals surface area contributed by atoms with E-state index in [-0.39, 0.29) is 5.97 Å². The standard InChI is InChI=1S/C23H20O3S/c1-2-25-23(24)21-13-17-16-9-5-6-10-19(16)26-20-12-15-8-4-3-7-14(15)11-18(20)22(17)27-21/h5-6,9-13H,2-4,7-8H2,1H3. The van der Waals surface area contributed by atoms with Crippen molar-refractivity contribution in [2.24, 2.45) is 0 Å². The van der Waals surface area contributed by atoms with Crippen LogP contribution in [0.1, 0.15) is 40.6 Å². The van der Waals surface area contributed by atoms with E-state index in [1.807, 2.05) is 31.2 Å². The molecule has 0 atom stereocenters. The van der Waals surface area contributed by atoms with Gasteiger partial charge in [0, 0.05) is 21.6 Å². The molecule has 0 spiro atoms. The van der Waals surface area contributed by atoms with Gasteiger partial charge in [-0.15, -0.1) is 11.3 Å². The maximum Gasteiger partial charge on any atom is 0.348 e. The summed E-state index contributed by atoms with van der Waals surface area (Å²) in [6.45, 7) is 2.21. The number of fused-ring (bicyclic) bond motifs is 6. The second-order valence-corrected chi connectivity index (χ2v) is 8.05. The van der Waals surface area contributed by atoms with E-state index < -0.39 is 0 Å². The van der Waals surface area contributed by atoms with Crippen molar-refractivity contribution in [2.75, 3.05) is 6.61 Å². The molecule has 27 heavy (non-hydrogen) atoms. The lowest BCUT2D eigenvalue weighted by Crippen LogP contribution is -2.03. The molecule has 5 rings (SSSR count). The predicted molar refractivity (Wildman–Crippen MR) is 108 cm³/mol. The van der Waals surface area contributed by atoms with E-state index in [9.17, 15) is 4.79 Å². The molecule has 2 aliphatic rings. The van der Waals surface area contributed by atoms with E-state index in [4.69, 9.17) is 9.47 Å². The van der Waals surface area contributed by atoms with Crippen molar-refractivity contribution < 1.29 is 14.3 Å². The second-order valence-electron chi connectivity index (χ2n) is 7.00. The van der Waals surface area contributed by atoms with E-state index in [1.165, 1.54) is 35.3 Å². The monoisotopic (exact) mass is 376 g/mol. The van der Waals surface area contributed by atoms with E-state index in [0.29, 0.717) is 11.5 Å². The summed E-state index contributed by atoms with van der Waals surface area (Å²) in [6, 6.07) is 14.5. The Labute approximate surface area is 162 Å². The minimum Gasteiger partial charge on any atom is -0.462 e. The SMILES string of the molecule is CCOC(=O)c1cc2c(s1)-c1cc3c(cc1Oc1ccccc1-2)CCCC3. The van der Waals surface area contributed by atoms with Gasteiger partial charge in [0.2, 0.25) is 0 Å². The molecule has 2 aromatic carbocycles. The van der Waals surface area contributed by atoms with Gasteiger partial charge in [0.1, 0.15) is 16.4 Å². The highest BCUT2D eigenvalue weighted by Gasteiger charge is 2.27. The molecule has 0 saturated carbocycles. The van der Waals surface area contributed by atoms with Gasteiger partial charge in [-0.3, -0.25) is 0 Å². The van der Waals surface area contributed by atoms with Gasteiger partial charge in [-0.25, -0.2) is 4.79 Å². The Balaban J connectivity index is 1.75. The van der Waals surface area contributed by atoms with Gasteiger partial charge in [0.15, 0.2) is 0 Å². The second kappa shape index (κ2) is 6.54. The summed E-state index contributed by atoms with van der Waals surface area (Å²) in [7, 11) is 0. The number of carbonyl (C=O) groups is 1. The van der Waals surface area contributed by atoms with Crippen LogP contribution in [-0.2, 0) is 17.6 Å². The first kappa shape index (κ1) is 16.6. The minimum absolute atomic E-state index is 0.256. The number of thiophene rings is 1. The lowest BCUT2D eigenvalue weighted by molar-refractivity contribution is 0.0532. The van der Waals surface area contributed by atoms with Crippen molar-refractivity contribution in [1.82, 2.24) is 0 Å². The van der Waals surface area contributed by atoms with Gasteiger partial charge in [-0.05, 0) is 68.0 Å². The normalized spacial score (nSPS) is 14.1. The maximum atomic E-state index is 12.4. The average Bonchev–Trinajstić information content (AvgIpc) is 3.08. The van der Waals surface area contributed by atoms with Crippen molar-refractivity contribution >= 4 is 17.3 Å². The number of hydrogen-bond acceptors (Lipinski definition) is 4. The van der Waals surface area contributed by atoms with Crippen molar-refractivity contribution in [3.63, 3.8) is 0 Å². The Morgan fingerprint density at radius 2 is 1.78 bits per heavy atom. The molecule has 1 aliphatic carbocycles. The third-order valence-corrected chi connectivity index (χ3v) is 6.44. The fourth-order valence-electron chi connectivity index (χ4n) is 4.02. The predicted octanol–water partition coefficient (Wildman–Crippen LogP) is 6.24. The van der Waals surface area contributed by atoms with Crippen LogP contribution in [0.2, 0.25) is 0 Å². The van der Waals surface area contributed by atoms with Crippen molar-refractivity contribution in [3.05, 3.63) is 58.5 Å². The largest absolute Gasteiger partial charge is 0.462 e. The van der Waals surface area contributed by atoms with Gasteiger partial charge < -0.3 is 9.47 Å². The molecular formula is C23H20O3S. The molecule has 0 radical (unpaired) electrons. The van der Waals surface area contributed by atoms with Crippen LogP contribution < -0.4 is 4.74 Å². The summed E-state index contributed by atoms with van der Waals surface area (Å²) in [5, 5.41) is 0. The molecular weight excluding hydrogens is 356 g/mol. The quantitative estimate of drug-likeness (QED) is 0.388. The molecule has 136 valence electrons. The fourth-order valence-corrected chi connectivity index (χ4v) is 5.10. The highest BCUT2D eigenvalue weighted by atomic mass is 32.1. The van der Waals surface area contributed by atoms with Crippen LogP contribution in [-0.4, -0.2) is 12.6 Å². The van der Waals surface area contributed by atoms with Crippen molar-refractivity contribution in [3.8, 4) is 33.1 Å². The summed E-state index contributed by atoms with van der Waals surface area (Å²) in [4.78, 5) is 14.1. The molecule has 0 bridgehead atoms. The van der Waals surface area contributed by atoms with Gasteiger partial charge >= 0.3 is 5.97 Å². The molecule has 1 aliphatic heterocycles. The van der Waals surface area contributed by atoms with E-state index in [1.54, 1.807) is 0 Å². The Hall–Kier alpha value is -2.59. The van der Waals surface area contributed by atoms with E-state index in [2.05, 4.69) is 18.2 Å². The summed E-state index contributed by atoms with van der Waals surface area (Å²) in [5.41, 5.74) is 5.96. The highest BCUT2D eigenvalue weighted by molar-refractivity contribution is 7.18. The molecule has 0 unspecified atom stereocenters. The minimum atomic E-state index is -0.256. The molecule has 0 amide bonds. The molecule has 3 aromatic rings. The Bertz CT molecular complexity index is 1050. The van der Waals surface area contributed by atoms with Gasteiger partial charge in [0.05, 0.1) is 6.61 Å². The number of rotatable bonds is 2. The van der Waals surface area contributed by atoms with Crippen LogP contribution in [0.4, 0.5) is 0 Å². The van der Waals surface area contributed by atoms with Crippen LogP contribution in [0.25, 0.3) is 21.6 Å². The number of aryl methyl sites for hydroxylation is 2. The summed E-state index contributed by atoms with van der Waals surface area (Å²) >= 11 is 1.50. The molecule has 4 heteroatoms. The van der Waals surface area contributed by atoms with Gasteiger partial charge in [0.25, 0.3) is 0 Å². The zero-order chi connectivity index (χ0) is 18.4. The van der Waals surface area contributed by atoms with Crippen LogP contribution in [0.3, 0.4) is 0 Å². The topological polar surface area (TPSA) is 35.5 Å². The smallest absolute Gasteiger partial charge is 0.348 e. The van der Waals surface area contributed by atoms with E-state index >= 15 is 0 Å². The number of carbonyl (C=O) groups excluding carboxylic acids is 1. The lowest BCUT2D eigenvalue weighted by Gasteiger charge is -2.19. The zero-order valence-corrected chi connectivity index (χ0v) is 16.0. The average molecular weight is 376 g/mol. The maximum absolute atomic E-state index is 12.4.